The number of hydrogen-bond acceptors (Lipinski definition) is 4. The first-order valence-electron chi connectivity index (χ1n) is 8.01. The van der Waals surface area contributed by atoms with Crippen LogP contribution in [0.1, 0.15) is 37.5 Å². The molecule has 24 heavy (non-hydrogen) atoms. The van der Waals surface area contributed by atoms with Gasteiger partial charge in [0.2, 0.25) is 5.89 Å². The van der Waals surface area contributed by atoms with E-state index in [4.69, 9.17) is 4.52 Å². The van der Waals surface area contributed by atoms with Crippen LogP contribution in [-0.2, 0) is 13.0 Å². The molecule has 0 unspecified atom stereocenters. The van der Waals surface area contributed by atoms with E-state index < -0.39 is 0 Å². The van der Waals surface area contributed by atoms with E-state index in [2.05, 4.69) is 51.7 Å². The molecule has 0 aliphatic carbocycles. The van der Waals surface area contributed by atoms with Crippen LogP contribution in [0.15, 0.2) is 39.8 Å². The summed E-state index contributed by atoms with van der Waals surface area (Å²) in [6.07, 6.45) is 1.67. The molecule has 7 heteroatoms. The van der Waals surface area contributed by atoms with Crippen LogP contribution in [0.3, 0.4) is 0 Å². The van der Waals surface area contributed by atoms with Gasteiger partial charge < -0.3 is 15.2 Å². The number of rotatable bonds is 7. The number of benzene rings is 1. The third-order valence-corrected chi connectivity index (χ3v) is 3.12. The maximum absolute atomic E-state index is 5.11. The van der Waals surface area contributed by atoms with Gasteiger partial charge in [0, 0.05) is 19.0 Å². The van der Waals surface area contributed by atoms with Crippen molar-refractivity contribution in [2.75, 3.05) is 6.54 Å². The predicted molar refractivity (Wildman–Crippen MR) is 107 cm³/mol. The lowest BCUT2D eigenvalue weighted by atomic mass is 10.2. The lowest BCUT2D eigenvalue weighted by Gasteiger charge is -2.15. The Hall–Kier alpha value is -1.64. The number of aliphatic imine (C=N–C) groups is 1. The summed E-state index contributed by atoms with van der Waals surface area (Å²) in [6.45, 7) is 7.48. The zero-order valence-corrected chi connectivity index (χ0v) is 16.8. The van der Waals surface area contributed by atoms with E-state index in [-0.39, 0.29) is 24.0 Å². The van der Waals surface area contributed by atoms with E-state index in [1.54, 1.807) is 0 Å². The molecule has 0 atom stereocenters. The van der Waals surface area contributed by atoms with Gasteiger partial charge in [-0.25, -0.2) is 4.99 Å². The quantitative estimate of drug-likeness (QED) is 0.298. The lowest BCUT2D eigenvalue weighted by Crippen LogP contribution is -2.41. The van der Waals surface area contributed by atoms with Crippen molar-refractivity contribution in [2.45, 2.75) is 46.2 Å². The number of aromatic nitrogens is 2. The molecule has 2 N–H and O–H groups in total. The summed E-state index contributed by atoms with van der Waals surface area (Å²) in [5, 5.41) is 10.5. The van der Waals surface area contributed by atoms with E-state index in [0.717, 1.165) is 25.3 Å². The molecule has 1 heterocycles. The van der Waals surface area contributed by atoms with Gasteiger partial charge in [-0.2, -0.15) is 4.98 Å². The van der Waals surface area contributed by atoms with Gasteiger partial charge in [0.15, 0.2) is 11.8 Å². The zero-order valence-electron chi connectivity index (χ0n) is 14.5. The maximum atomic E-state index is 5.11. The van der Waals surface area contributed by atoms with Gasteiger partial charge in [-0.05, 0) is 32.8 Å². The van der Waals surface area contributed by atoms with Gasteiger partial charge in [-0.1, -0.05) is 35.5 Å². The highest BCUT2D eigenvalue weighted by Crippen LogP contribution is 2.01. The summed E-state index contributed by atoms with van der Waals surface area (Å²) < 4.78 is 5.11. The number of halogens is 1. The summed E-state index contributed by atoms with van der Waals surface area (Å²) in [7, 11) is 0. The van der Waals surface area contributed by atoms with Gasteiger partial charge in [-0.3, -0.25) is 0 Å². The standard InChI is InChI=1S/C17H25N5O.HI/c1-13(2)20-17(19-12-15-8-5-4-6-9-15)18-11-7-10-16-21-14(3)22-23-16;/h4-6,8-9,13H,7,10-12H2,1-3H3,(H2,18,19,20);1H. The first-order valence-corrected chi connectivity index (χ1v) is 8.01. The van der Waals surface area contributed by atoms with Crippen molar-refractivity contribution in [3.05, 3.63) is 47.6 Å². The van der Waals surface area contributed by atoms with Crippen LogP contribution in [0.4, 0.5) is 0 Å². The molecule has 6 nitrogen and oxygen atoms in total. The monoisotopic (exact) mass is 443 g/mol. The van der Waals surface area contributed by atoms with Crippen molar-refractivity contribution in [1.29, 1.82) is 0 Å². The van der Waals surface area contributed by atoms with Crippen LogP contribution < -0.4 is 10.6 Å². The van der Waals surface area contributed by atoms with Crippen LogP contribution in [0.2, 0.25) is 0 Å². The average molecular weight is 443 g/mol. The molecule has 0 aliphatic rings. The molecule has 2 aromatic rings. The Morgan fingerprint density at radius 3 is 2.62 bits per heavy atom. The average Bonchev–Trinajstić information content (AvgIpc) is 2.95. The van der Waals surface area contributed by atoms with E-state index in [9.17, 15) is 0 Å². The Morgan fingerprint density at radius 2 is 2.00 bits per heavy atom. The Morgan fingerprint density at radius 1 is 1.25 bits per heavy atom. The first-order chi connectivity index (χ1) is 11.1. The van der Waals surface area contributed by atoms with Crippen molar-refractivity contribution in [1.82, 2.24) is 20.8 Å². The second kappa shape index (κ2) is 11.0. The summed E-state index contributed by atoms with van der Waals surface area (Å²) >= 11 is 0. The highest BCUT2D eigenvalue weighted by Gasteiger charge is 2.04. The zero-order chi connectivity index (χ0) is 16.5. The fraction of sp³-hybridized carbons (Fsp3) is 0.471. The molecule has 1 aromatic heterocycles. The highest BCUT2D eigenvalue weighted by atomic mass is 127. The van der Waals surface area contributed by atoms with Crippen LogP contribution in [-0.4, -0.2) is 28.7 Å². The van der Waals surface area contributed by atoms with Crippen molar-refractivity contribution in [3.63, 3.8) is 0 Å². The lowest BCUT2D eigenvalue weighted by molar-refractivity contribution is 0.372. The van der Waals surface area contributed by atoms with Gasteiger partial charge >= 0.3 is 0 Å². The molecule has 1 aromatic carbocycles. The summed E-state index contributed by atoms with van der Waals surface area (Å²) in [5.41, 5.74) is 1.19. The summed E-state index contributed by atoms with van der Waals surface area (Å²) in [5.74, 6) is 2.19. The van der Waals surface area contributed by atoms with Crippen LogP contribution in [0.25, 0.3) is 0 Å². The second-order valence-corrected chi connectivity index (χ2v) is 5.72. The molecule has 0 saturated carbocycles. The third kappa shape index (κ3) is 7.76. The van der Waals surface area contributed by atoms with Gasteiger partial charge in [0.05, 0.1) is 6.54 Å². The molecule has 132 valence electrons. The Labute approximate surface area is 160 Å². The van der Waals surface area contributed by atoms with Crippen molar-refractivity contribution >= 4 is 29.9 Å². The van der Waals surface area contributed by atoms with E-state index in [1.165, 1.54) is 5.56 Å². The summed E-state index contributed by atoms with van der Waals surface area (Å²) in [4.78, 5) is 8.83. The van der Waals surface area contributed by atoms with Crippen molar-refractivity contribution in [2.24, 2.45) is 4.99 Å². The summed E-state index contributed by atoms with van der Waals surface area (Å²) in [6, 6.07) is 10.6. The first kappa shape index (κ1) is 20.4. The SMILES string of the molecule is Cc1noc(CCCNC(=NCc2ccccc2)NC(C)C)n1.I. The number of nitrogens with one attached hydrogen (secondary N) is 2. The van der Waals surface area contributed by atoms with Gasteiger partial charge in [0.25, 0.3) is 0 Å². The Kier molecular flexibility index (Phi) is 9.36. The fourth-order valence-electron chi connectivity index (χ4n) is 2.07. The van der Waals surface area contributed by atoms with E-state index in [1.807, 2.05) is 25.1 Å². The second-order valence-electron chi connectivity index (χ2n) is 5.72. The molecule has 0 bridgehead atoms. The van der Waals surface area contributed by atoms with Crippen molar-refractivity contribution < 1.29 is 4.52 Å². The molecular formula is C17H26IN5O. The minimum Gasteiger partial charge on any atom is -0.356 e. The molecule has 0 aliphatic heterocycles. The molecule has 0 spiro atoms. The molecule has 0 amide bonds. The number of hydrogen-bond donors (Lipinski definition) is 2. The van der Waals surface area contributed by atoms with Crippen molar-refractivity contribution in [3.8, 4) is 0 Å². The fourth-order valence-corrected chi connectivity index (χ4v) is 2.07. The van der Waals surface area contributed by atoms with E-state index >= 15 is 0 Å². The van der Waals surface area contributed by atoms with Crippen LogP contribution >= 0.6 is 24.0 Å². The van der Waals surface area contributed by atoms with Gasteiger partial charge in [-0.15, -0.1) is 24.0 Å². The van der Waals surface area contributed by atoms with Gasteiger partial charge in [0.1, 0.15) is 0 Å². The third-order valence-electron chi connectivity index (χ3n) is 3.12. The predicted octanol–water partition coefficient (Wildman–Crippen LogP) is 3.07. The van der Waals surface area contributed by atoms with E-state index in [0.29, 0.717) is 24.3 Å². The molecule has 0 saturated heterocycles. The normalized spacial score (nSPS) is 11.2. The minimum atomic E-state index is 0. The number of nitrogens with zero attached hydrogens (tertiary/aromatic N) is 3. The topological polar surface area (TPSA) is 75.3 Å². The molecular weight excluding hydrogens is 417 g/mol. The number of aryl methyl sites for hydroxylation is 2. The highest BCUT2D eigenvalue weighted by molar-refractivity contribution is 14.0. The smallest absolute Gasteiger partial charge is 0.226 e. The minimum absolute atomic E-state index is 0. The molecule has 0 radical (unpaired) electrons. The number of guanidine groups is 1. The molecule has 2 rings (SSSR count). The Bertz CT molecular complexity index is 612. The maximum Gasteiger partial charge on any atom is 0.226 e. The van der Waals surface area contributed by atoms with Crippen LogP contribution in [0, 0.1) is 6.92 Å². The largest absolute Gasteiger partial charge is 0.356 e. The Balaban J connectivity index is 0.00000288. The molecule has 0 fully saturated rings. The van der Waals surface area contributed by atoms with Crippen LogP contribution in [0.5, 0.6) is 0 Å².